The van der Waals surface area contributed by atoms with Crippen LogP contribution in [0.3, 0.4) is 0 Å². The number of allylic oxidation sites excluding steroid dienone is 2. The summed E-state index contributed by atoms with van der Waals surface area (Å²) < 4.78 is 0. The van der Waals surface area contributed by atoms with Crippen molar-refractivity contribution in [3.63, 3.8) is 0 Å². The zero-order valence-corrected chi connectivity index (χ0v) is 10.9. The van der Waals surface area contributed by atoms with Crippen LogP contribution in [-0.2, 0) is 0 Å². The van der Waals surface area contributed by atoms with Crippen molar-refractivity contribution in [1.82, 2.24) is 0 Å². The Balaban J connectivity index is 0.000000322. The van der Waals surface area contributed by atoms with E-state index in [0.717, 1.165) is 0 Å². The zero-order valence-electron chi connectivity index (χ0n) is 10.9. The summed E-state index contributed by atoms with van der Waals surface area (Å²) in [6.45, 7) is 4.54. The molecular weight excluding hydrogens is 180 g/mol. The second-order valence-corrected chi connectivity index (χ2v) is 4.52. The van der Waals surface area contributed by atoms with Crippen molar-refractivity contribution in [2.45, 2.75) is 84.5 Å². The van der Waals surface area contributed by atoms with Gasteiger partial charge in [0.2, 0.25) is 0 Å². The number of unbranched alkanes of at least 4 members (excludes halogenated alkanes) is 7. The van der Waals surface area contributed by atoms with Crippen molar-refractivity contribution < 1.29 is 0 Å². The highest BCUT2D eigenvalue weighted by molar-refractivity contribution is 4.88. The molecule has 0 amide bonds. The van der Waals surface area contributed by atoms with Crippen molar-refractivity contribution in [3.05, 3.63) is 12.2 Å². The lowest BCUT2D eigenvalue weighted by atomic mass is 10.1. The van der Waals surface area contributed by atoms with Crippen LogP contribution in [0.2, 0.25) is 0 Å². The average Bonchev–Trinajstić information content (AvgIpc) is 2.82. The maximum atomic E-state index is 2.27. The summed E-state index contributed by atoms with van der Waals surface area (Å²) >= 11 is 0. The Morgan fingerprint density at radius 2 is 1.07 bits per heavy atom. The van der Waals surface area contributed by atoms with E-state index in [1.807, 2.05) is 0 Å². The first-order valence-electron chi connectivity index (χ1n) is 7.06. The van der Waals surface area contributed by atoms with Crippen molar-refractivity contribution in [2.24, 2.45) is 0 Å². The molecule has 0 spiro atoms. The van der Waals surface area contributed by atoms with Crippen molar-refractivity contribution in [2.75, 3.05) is 0 Å². The molecule has 0 radical (unpaired) electrons. The van der Waals surface area contributed by atoms with Gasteiger partial charge < -0.3 is 0 Å². The van der Waals surface area contributed by atoms with E-state index in [0.29, 0.717) is 0 Å². The molecule has 0 aliphatic heterocycles. The van der Waals surface area contributed by atoms with Crippen LogP contribution in [0, 0.1) is 0 Å². The Morgan fingerprint density at radius 1 is 0.667 bits per heavy atom. The molecule has 1 rings (SSSR count). The SMILES string of the molecule is C1=CCCC1.CCCCCCCCCC. The minimum absolute atomic E-state index is 1.32. The first-order valence-corrected chi connectivity index (χ1v) is 7.06. The Hall–Kier alpha value is -0.260. The van der Waals surface area contributed by atoms with E-state index in [1.54, 1.807) is 0 Å². The van der Waals surface area contributed by atoms with Gasteiger partial charge in [0.1, 0.15) is 0 Å². The molecule has 15 heavy (non-hydrogen) atoms. The van der Waals surface area contributed by atoms with Gasteiger partial charge in [-0.3, -0.25) is 0 Å². The van der Waals surface area contributed by atoms with E-state index in [-0.39, 0.29) is 0 Å². The van der Waals surface area contributed by atoms with Gasteiger partial charge in [-0.15, -0.1) is 0 Å². The standard InChI is InChI=1S/C10H22.C5H8/c1-3-5-7-9-10-8-6-4-2;1-2-4-5-3-1/h3-10H2,1-2H3;1-2H,3-5H2. The highest BCUT2D eigenvalue weighted by atomic mass is 13.9. The Morgan fingerprint density at radius 3 is 1.33 bits per heavy atom. The quantitative estimate of drug-likeness (QED) is 0.364. The number of hydrogen-bond donors (Lipinski definition) is 0. The molecule has 1 aliphatic rings. The van der Waals surface area contributed by atoms with E-state index in [1.165, 1.54) is 70.6 Å². The average molecular weight is 210 g/mol. The van der Waals surface area contributed by atoms with Crippen LogP contribution in [0.1, 0.15) is 84.5 Å². The second kappa shape index (κ2) is 13.7. The highest BCUT2D eigenvalue weighted by Crippen LogP contribution is 2.07. The van der Waals surface area contributed by atoms with Gasteiger partial charge in [0.15, 0.2) is 0 Å². The molecule has 90 valence electrons. The van der Waals surface area contributed by atoms with Crippen LogP contribution in [0.25, 0.3) is 0 Å². The molecule has 0 N–H and O–H groups in total. The molecule has 0 fully saturated rings. The van der Waals surface area contributed by atoms with Gasteiger partial charge in [-0.05, 0) is 19.3 Å². The third-order valence-corrected chi connectivity index (χ3v) is 2.87. The van der Waals surface area contributed by atoms with Gasteiger partial charge in [-0.2, -0.15) is 0 Å². The molecule has 0 atom stereocenters. The first kappa shape index (κ1) is 14.7. The molecule has 1 aliphatic carbocycles. The lowest BCUT2D eigenvalue weighted by Crippen LogP contribution is -1.77. The third-order valence-electron chi connectivity index (χ3n) is 2.87. The summed E-state index contributed by atoms with van der Waals surface area (Å²) in [5.74, 6) is 0. The van der Waals surface area contributed by atoms with Crippen LogP contribution in [0.4, 0.5) is 0 Å². The van der Waals surface area contributed by atoms with E-state index in [2.05, 4.69) is 26.0 Å². The van der Waals surface area contributed by atoms with Crippen molar-refractivity contribution >= 4 is 0 Å². The molecule has 0 unspecified atom stereocenters. The number of hydrogen-bond acceptors (Lipinski definition) is 0. The molecule has 0 saturated carbocycles. The molecule has 0 aromatic heterocycles. The largest absolute Gasteiger partial charge is 0.0885 e. The van der Waals surface area contributed by atoms with E-state index >= 15 is 0 Å². The molecule has 0 aromatic rings. The fraction of sp³-hybridized carbons (Fsp3) is 0.867. The highest BCUT2D eigenvalue weighted by Gasteiger charge is 1.87. The maximum absolute atomic E-state index is 2.27. The Kier molecular flexibility index (Phi) is 13.5. The van der Waals surface area contributed by atoms with Crippen molar-refractivity contribution in [3.8, 4) is 0 Å². The van der Waals surface area contributed by atoms with Crippen LogP contribution < -0.4 is 0 Å². The minimum atomic E-state index is 1.32. The first-order chi connectivity index (χ1) is 7.41. The predicted molar refractivity (Wildman–Crippen MR) is 71.3 cm³/mol. The summed E-state index contributed by atoms with van der Waals surface area (Å²) in [6.07, 6.45) is 20.0. The maximum Gasteiger partial charge on any atom is -0.0348 e. The van der Waals surface area contributed by atoms with Gasteiger partial charge in [0, 0.05) is 0 Å². The third kappa shape index (κ3) is 13.7. The van der Waals surface area contributed by atoms with E-state index < -0.39 is 0 Å². The van der Waals surface area contributed by atoms with Crippen LogP contribution in [0.15, 0.2) is 12.2 Å². The van der Waals surface area contributed by atoms with Crippen LogP contribution in [-0.4, -0.2) is 0 Å². The Labute approximate surface area is 97.2 Å². The molecule has 0 saturated heterocycles. The summed E-state index contributed by atoms with van der Waals surface area (Å²) in [7, 11) is 0. The molecule has 0 heteroatoms. The second-order valence-electron chi connectivity index (χ2n) is 4.52. The van der Waals surface area contributed by atoms with Crippen LogP contribution in [0.5, 0.6) is 0 Å². The van der Waals surface area contributed by atoms with Gasteiger partial charge in [0.25, 0.3) is 0 Å². The molecule has 0 bridgehead atoms. The molecule has 0 heterocycles. The van der Waals surface area contributed by atoms with E-state index in [4.69, 9.17) is 0 Å². The molecular formula is C15H30. The monoisotopic (exact) mass is 210 g/mol. The van der Waals surface area contributed by atoms with Crippen LogP contribution >= 0.6 is 0 Å². The van der Waals surface area contributed by atoms with E-state index in [9.17, 15) is 0 Å². The lowest BCUT2D eigenvalue weighted by molar-refractivity contribution is 0.585. The number of rotatable bonds is 7. The fourth-order valence-electron chi connectivity index (χ4n) is 1.80. The van der Waals surface area contributed by atoms with Gasteiger partial charge in [-0.25, -0.2) is 0 Å². The normalized spacial score (nSPS) is 13.7. The van der Waals surface area contributed by atoms with Gasteiger partial charge in [0.05, 0.1) is 0 Å². The fourth-order valence-corrected chi connectivity index (χ4v) is 1.80. The molecule has 0 nitrogen and oxygen atoms in total. The van der Waals surface area contributed by atoms with Gasteiger partial charge >= 0.3 is 0 Å². The summed E-state index contributed by atoms with van der Waals surface area (Å²) in [6, 6.07) is 0. The zero-order chi connectivity index (χ0) is 11.2. The Bertz CT molecular complexity index is 110. The van der Waals surface area contributed by atoms with Crippen molar-refractivity contribution in [1.29, 1.82) is 0 Å². The molecule has 0 aromatic carbocycles. The summed E-state index contributed by atoms with van der Waals surface area (Å²) in [4.78, 5) is 0. The lowest BCUT2D eigenvalue weighted by Gasteiger charge is -1.97. The topological polar surface area (TPSA) is 0 Å². The summed E-state index contributed by atoms with van der Waals surface area (Å²) in [5.41, 5.74) is 0. The smallest absolute Gasteiger partial charge is 0.0348 e. The predicted octanol–water partition coefficient (Wildman–Crippen LogP) is 5.87. The summed E-state index contributed by atoms with van der Waals surface area (Å²) in [5, 5.41) is 0. The minimum Gasteiger partial charge on any atom is -0.0885 e. The van der Waals surface area contributed by atoms with Gasteiger partial charge in [-0.1, -0.05) is 77.4 Å².